The molecule has 2 aromatic rings. The number of amides is 1. The van der Waals surface area contributed by atoms with E-state index in [0.717, 1.165) is 11.3 Å². The smallest absolute Gasteiger partial charge is 0.223 e. The van der Waals surface area contributed by atoms with Gasteiger partial charge in [-0.3, -0.25) is 4.79 Å². The molecule has 6 heteroatoms. The Kier molecular flexibility index (Phi) is 3.47. The SMILES string of the molecule is CN1C(=O)C[C@@H](CN)[C@@H]1c1cnn(-c2ccc(F)cc2)c1. The molecule has 0 saturated carbocycles. The number of carbonyl (C=O) groups excluding carboxylic acids is 1. The van der Waals surface area contributed by atoms with Crippen LogP contribution in [0.5, 0.6) is 0 Å². The van der Waals surface area contributed by atoms with Gasteiger partial charge in [0, 0.05) is 31.1 Å². The Hall–Kier alpha value is -2.21. The fourth-order valence-corrected chi connectivity index (χ4v) is 2.88. The Morgan fingerprint density at radius 1 is 1.38 bits per heavy atom. The topological polar surface area (TPSA) is 64.2 Å². The summed E-state index contributed by atoms with van der Waals surface area (Å²) in [6.45, 7) is 0.461. The lowest BCUT2D eigenvalue weighted by Crippen LogP contribution is -2.26. The van der Waals surface area contributed by atoms with Gasteiger partial charge in [-0.2, -0.15) is 5.10 Å². The molecule has 2 N–H and O–H groups in total. The average Bonchev–Trinajstić information content (AvgIpc) is 3.05. The first-order valence-corrected chi connectivity index (χ1v) is 6.86. The second kappa shape index (κ2) is 5.29. The van der Waals surface area contributed by atoms with E-state index in [0.29, 0.717) is 13.0 Å². The summed E-state index contributed by atoms with van der Waals surface area (Å²) in [5, 5.41) is 4.30. The zero-order chi connectivity index (χ0) is 15.0. The van der Waals surface area contributed by atoms with E-state index in [1.807, 2.05) is 6.20 Å². The number of nitrogens with two attached hydrogens (primary N) is 1. The lowest BCUT2D eigenvalue weighted by molar-refractivity contribution is -0.127. The van der Waals surface area contributed by atoms with Crippen molar-refractivity contribution in [2.45, 2.75) is 12.5 Å². The summed E-state index contributed by atoms with van der Waals surface area (Å²) in [6, 6.07) is 6.07. The van der Waals surface area contributed by atoms with E-state index in [1.54, 1.807) is 35.0 Å². The fourth-order valence-electron chi connectivity index (χ4n) is 2.88. The van der Waals surface area contributed by atoms with Crippen LogP contribution in [-0.2, 0) is 4.79 Å². The van der Waals surface area contributed by atoms with E-state index in [-0.39, 0.29) is 23.7 Å². The summed E-state index contributed by atoms with van der Waals surface area (Å²) in [6.07, 6.45) is 4.08. The van der Waals surface area contributed by atoms with Gasteiger partial charge in [0.05, 0.1) is 17.9 Å². The molecule has 1 aromatic heterocycles. The zero-order valence-electron chi connectivity index (χ0n) is 11.7. The van der Waals surface area contributed by atoms with E-state index >= 15 is 0 Å². The molecule has 1 amide bonds. The van der Waals surface area contributed by atoms with Crippen LogP contribution in [0.25, 0.3) is 5.69 Å². The standard InChI is InChI=1S/C15H17FN4O/c1-19-14(21)6-10(7-17)15(19)11-8-18-20(9-11)13-4-2-12(16)3-5-13/h2-5,8-10,15H,6-7,17H2,1H3/t10-,15+/m0/s1. The van der Waals surface area contributed by atoms with Crippen LogP contribution in [0.15, 0.2) is 36.7 Å². The quantitative estimate of drug-likeness (QED) is 0.930. The third-order valence-corrected chi connectivity index (χ3v) is 4.03. The second-order valence-electron chi connectivity index (χ2n) is 5.34. The van der Waals surface area contributed by atoms with Crippen molar-refractivity contribution in [1.29, 1.82) is 0 Å². The second-order valence-corrected chi connectivity index (χ2v) is 5.34. The lowest BCUT2D eigenvalue weighted by atomic mass is 9.96. The predicted octanol–water partition coefficient (Wildman–Crippen LogP) is 1.49. The first-order valence-electron chi connectivity index (χ1n) is 6.86. The molecule has 0 unspecified atom stereocenters. The largest absolute Gasteiger partial charge is 0.338 e. The van der Waals surface area contributed by atoms with Crippen LogP contribution in [0.3, 0.4) is 0 Å². The number of nitrogens with zero attached hydrogens (tertiary/aromatic N) is 3. The average molecular weight is 288 g/mol. The van der Waals surface area contributed by atoms with Gasteiger partial charge in [-0.25, -0.2) is 9.07 Å². The monoisotopic (exact) mass is 288 g/mol. The fraction of sp³-hybridized carbons (Fsp3) is 0.333. The first kappa shape index (κ1) is 13.8. The van der Waals surface area contributed by atoms with E-state index < -0.39 is 0 Å². The minimum absolute atomic E-state index is 0.0447. The highest BCUT2D eigenvalue weighted by atomic mass is 19.1. The maximum atomic E-state index is 13.0. The highest BCUT2D eigenvalue weighted by Gasteiger charge is 2.38. The highest BCUT2D eigenvalue weighted by molar-refractivity contribution is 5.79. The normalized spacial score (nSPS) is 22.0. The van der Waals surface area contributed by atoms with Gasteiger partial charge in [0.25, 0.3) is 0 Å². The molecule has 0 bridgehead atoms. The highest BCUT2D eigenvalue weighted by Crippen LogP contribution is 2.36. The van der Waals surface area contributed by atoms with E-state index in [2.05, 4.69) is 5.10 Å². The minimum Gasteiger partial charge on any atom is -0.338 e. The van der Waals surface area contributed by atoms with Crippen molar-refractivity contribution in [2.24, 2.45) is 11.7 Å². The number of hydrogen-bond donors (Lipinski definition) is 1. The molecule has 21 heavy (non-hydrogen) atoms. The Bertz CT molecular complexity index is 652. The van der Waals surface area contributed by atoms with Gasteiger partial charge in [-0.15, -0.1) is 0 Å². The van der Waals surface area contributed by atoms with Gasteiger partial charge >= 0.3 is 0 Å². The molecule has 0 aliphatic carbocycles. The van der Waals surface area contributed by atoms with Gasteiger partial charge in [0.1, 0.15) is 5.82 Å². The number of carbonyl (C=O) groups is 1. The van der Waals surface area contributed by atoms with Crippen LogP contribution in [0, 0.1) is 11.7 Å². The molecule has 2 atom stereocenters. The molecule has 3 rings (SSSR count). The molecule has 1 aliphatic heterocycles. The van der Waals surface area contributed by atoms with E-state index in [4.69, 9.17) is 5.73 Å². The van der Waals surface area contributed by atoms with Crippen molar-refractivity contribution >= 4 is 5.91 Å². The summed E-state index contributed by atoms with van der Waals surface area (Å²) in [7, 11) is 1.79. The maximum absolute atomic E-state index is 13.0. The molecular formula is C15H17FN4O. The Labute approximate surface area is 122 Å². The van der Waals surface area contributed by atoms with Crippen LogP contribution in [0.2, 0.25) is 0 Å². The summed E-state index contributed by atoms with van der Waals surface area (Å²) in [5.74, 6) is -0.0752. The molecule has 2 heterocycles. The van der Waals surface area contributed by atoms with Crippen molar-refractivity contribution in [2.75, 3.05) is 13.6 Å². The number of halogens is 1. The molecule has 110 valence electrons. The van der Waals surface area contributed by atoms with Gasteiger partial charge < -0.3 is 10.6 Å². The van der Waals surface area contributed by atoms with Crippen LogP contribution in [0.4, 0.5) is 4.39 Å². The third kappa shape index (κ3) is 2.42. The summed E-state index contributed by atoms with van der Waals surface area (Å²) >= 11 is 0. The molecular weight excluding hydrogens is 271 g/mol. The first-order chi connectivity index (χ1) is 10.1. The zero-order valence-corrected chi connectivity index (χ0v) is 11.7. The number of aromatic nitrogens is 2. The van der Waals surface area contributed by atoms with Crippen molar-refractivity contribution in [3.63, 3.8) is 0 Å². The summed E-state index contributed by atoms with van der Waals surface area (Å²) in [4.78, 5) is 13.6. The number of hydrogen-bond acceptors (Lipinski definition) is 3. The summed E-state index contributed by atoms with van der Waals surface area (Å²) < 4.78 is 14.6. The lowest BCUT2D eigenvalue weighted by Gasteiger charge is -2.22. The summed E-state index contributed by atoms with van der Waals surface area (Å²) in [5.41, 5.74) is 7.50. The number of likely N-dealkylation sites (tertiary alicyclic amines) is 1. The van der Waals surface area contributed by atoms with E-state index in [9.17, 15) is 9.18 Å². The van der Waals surface area contributed by atoms with Crippen LogP contribution >= 0.6 is 0 Å². The Balaban J connectivity index is 1.91. The molecule has 0 radical (unpaired) electrons. The molecule has 5 nitrogen and oxygen atoms in total. The van der Waals surface area contributed by atoms with Crippen LogP contribution in [-0.4, -0.2) is 34.2 Å². The number of benzene rings is 1. The molecule has 1 fully saturated rings. The molecule has 0 spiro atoms. The predicted molar refractivity (Wildman–Crippen MR) is 76.2 cm³/mol. The molecule has 1 saturated heterocycles. The number of rotatable bonds is 3. The van der Waals surface area contributed by atoms with Crippen molar-refractivity contribution < 1.29 is 9.18 Å². The Morgan fingerprint density at radius 2 is 2.10 bits per heavy atom. The molecule has 1 aromatic carbocycles. The van der Waals surface area contributed by atoms with Crippen LogP contribution < -0.4 is 5.73 Å². The van der Waals surface area contributed by atoms with Gasteiger partial charge in [-0.1, -0.05) is 0 Å². The molecule has 1 aliphatic rings. The minimum atomic E-state index is -0.282. The van der Waals surface area contributed by atoms with Crippen molar-refractivity contribution in [3.8, 4) is 5.69 Å². The van der Waals surface area contributed by atoms with Gasteiger partial charge in [0.2, 0.25) is 5.91 Å². The maximum Gasteiger partial charge on any atom is 0.223 e. The Morgan fingerprint density at radius 3 is 2.76 bits per heavy atom. The van der Waals surface area contributed by atoms with Gasteiger partial charge in [-0.05, 0) is 30.8 Å². The van der Waals surface area contributed by atoms with Crippen molar-refractivity contribution in [3.05, 3.63) is 48.0 Å². The van der Waals surface area contributed by atoms with Crippen LogP contribution in [0.1, 0.15) is 18.0 Å². The van der Waals surface area contributed by atoms with E-state index in [1.165, 1.54) is 12.1 Å². The van der Waals surface area contributed by atoms with Gasteiger partial charge in [0.15, 0.2) is 0 Å². The third-order valence-electron chi connectivity index (χ3n) is 4.03. The van der Waals surface area contributed by atoms with Crippen molar-refractivity contribution in [1.82, 2.24) is 14.7 Å².